The van der Waals surface area contributed by atoms with Gasteiger partial charge in [-0.05, 0) is 31.1 Å². The Bertz CT molecular complexity index is 380. The van der Waals surface area contributed by atoms with Crippen LogP contribution in [0.5, 0.6) is 0 Å². The van der Waals surface area contributed by atoms with Crippen molar-refractivity contribution in [2.75, 3.05) is 6.61 Å². The average Bonchev–Trinajstić information content (AvgIpc) is 2.72. The van der Waals surface area contributed by atoms with Crippen LogP contribution in [0.3, 0.4) is 0 Å². The zero-order valence-corrected chi connectivity index (χ0v) is 11.3. The Balaban J connectivity index is 1.97. The van der Waals surface area contributed by atoms with E-state index in [4.69, 9.17) is 9.47 Å². The molecule has 1 saturated carbocycles. The number of carbonyl (C=O) groups is 1. The molecule has 0 aromatic carbocycles. The number of esters is 1. The highest BCUT2D eigenvalue weighted by molar-refractivity contribution is 5.79. The zero-order chi connectivity index (χ0) is 13.1. The summed E-state index contributed by atoms with van der Waals surface area (Å²) in [6.45, 7) is 7.14. The molecule has 3 aliphatic rings. The van der Waals surface area contributed by atoms with Crippen molar-refractivity contribution in [2.45, 2.75) is 57.8 Å². The highest BCUT2D eigenvalue weighted by Gasteiger charge is 2.70. The van der Waals surface area contributed by atoms with Crippen LogP contribution in [0, 0.1) is 17.3 Å². The number of aliphatic hydroxyl groups excluding tert-OH is 1. The molecule has 1 spiro atoms. The molecule has 0 aromatic rings. The van der Waals surface area contributed by atoms with E-state index in [1.165, 1.54) is 0 Å². The van der Waals surface area contributed by atoms with Crippen LogP contribution in [0.15, 0.2) is 0 Å². The van der Waals surface area contributed by atoms with Crippen LogP contribution < -0.4 is 0 Å². The summed E-state index contributed by atoms with van der Waals surface area (Å²) in [6, 6.07) is 0. The van der Waals surface area contributed by atoms with E-state index in [1.54, 1.807) is 0 Å². The third-order valence-electron chi connectivity index (χ3n) is 5.45. The molecule has 102 valence electrons. The first-order chi connectivity index (χ1) is 8.40. The van der Waals surface area contributed by atoms with E-state index in [0.29, 0.717) is 18.4 Å². The smallest absolute Gasteiger partial charge is 0.338 e. The highest BCUT2D eigenvalue weighted by atomic mass is 16.6. The molecule has 2 saturated heterocycles. The molecule has 0 amide bonds. The maximum atomic E-state index is 11.7. The van der Waals surface area contributed by atoms with Gasteiger partial charge in [0.2, 0.25) is 0 Å². The molecule has 0 bridgehead atoms. The van der Waals surface area contributed by atoms with Crippen LogP contribution in [0.4, 0.5) is 0 Å². The normalized spacial score (nSPS) is 51.2. The van der Waals surface area contributed by atoms with Gasteiger partial charge in [-0.3, -0.25) is 0 Å². The number of rotatable bonds is 1. The first kappa shape index (κ1) is 12.4. The van der Waals surface area contributed by atoms with Crippen LogP contribution in [0.1, 0.15) is 40.0 Å². The lowest BCUT2D eigenvalue weighted by atomic mass is 9.59. The minimum absolute atomic E-state index is 0.129. The number of ether oxygens (including phenoxy) is 2. The largest absolute Gasteiger partial charge is 0.453 e. The summed E-state index contributed by atoms with van der Waals surface area (Å²) in [6.07, 6.45) is 1.43. The van der Waals surface area contributed by atoms with Crippen molar-refractivity contribution in [2.24, 2.45) is 17.3 Å². The second kappa shape index (κ2) is 3.70. The van der Waals surface area contributed by atoms with Crippen LogP contribution in [0.25, 0.3) is 0 Å². The fourth-order valence-corrected chi connectivity index (χ4v) is 4.02. The molecule has 2 heterocycles. The molecule has 1 unspecified atom stereocenters. The molecule has 4 nitrogen and oxygen atoms in total. The lowest BCUT2D eigenvalue weighted by molar-refractivity contribution is -0.168. The highest BCUT2D eigenvalue weighted by Crippen LogP contribution is 2.59. The quantitative estimate of drug-likeness (QED) is 0.721. The summed E-state index contributed by atoms with van der Waals surface area (Å²) < 4.78 is 11.4. The lowest BCUT2D eigenvalue weighted by Gasteiger charge is -2.47. The van der Waals surface area contributed by atoms with Crippen molar-refractivity contribution in [1.29, 1.82) is 0 Å². The van der Waals surface area contributed by atoms with E-state index >= 15 is 0 Å². The first-order valence-corrected chi connectivity index (χ1v) is 6.92. The van der Waals surface area contributed by atoms with E-state index in [2.05, 4.69) is 20.8 Å². The molecule has 4 heteroatoms. The zero-order valence-electron chi connectivity index (χ0n) is 11.3. The second-order valence-electron chi connectivity index (χ2n) is 6.79. The van der Waals surface area contributed by atoms with Crippen molar-refractivity contribution in [1.82, 2.24) is 0 Å². The van der Waals surface area contributed by atoms with E-state index < -0.39 is 23.8 Å². The molecular weight excluding hydrogens is 232 g/mol. The predicted octanol–water partition coefficient (Wildman–Crippen LogP) is 1.50. The first-order valence-electron chi connectivity index (χ1n) is 6.92. The Morgan fingerprint density at radius 2 is 2.17 bits per heavy atom. The Morgan fingerprint density at radius 1 is 1.44 bits per heavy atom. The Labute approximate surface area is 108 Å². The summed E-state index contributed by atoms with van der Waals surface area (Å²) >= 11 is 0. The number of aliphatic hydroxyl groups is 1. The SMILES string of the molecule is CC(C)[C@@H]1CC[C@@]2(C)COC3[C@@H](O)C(=O)O[C@@]32C1. The van der Waals surface area contributed by atoms with Crippen molar-refractivity contribution in [3.05, 3.63) is 0 Å². The molecule has 18 heavy (non-hydrogen) atoms. The maximum absolute atomic E-state index is 11.7. The predicted molar refractivity (Wildman–Crippen MR) is 64.9 cm³/mol. The molecule has 2 aliphatic heterocycles. The van der Waals surface area contributed by atoms with Gasteiger partial charge in [-0.15, -0.1) is 0 Å². The molecule has 3 rings (SSSR count). The molecule has 5 atom stereocenters. The number of carbonyl (C=O) groups excluding carboxylic acids is 1. The summed E-state index contributed by atoms with van der Waals surface area (Å²) in [5, 5.41) is 9.94. The van der Waals surface area contributed by atoms with Gasteiger partial charge in [0, 0.05) is 5.41 Å². The topological polar surface area (TPSA) is 55.8 Å². The van der Waals surface area contributed by atoms with E-state index in [9.17, 15) is 9.90 Å². The standard InChI is InChI=1S/C14H22O4/c1-8(2)9-4-5-13(3)7-17-11-10(15)12(16)18-14(11,13)6-9/h8-11,15H,4-7H2,1-3H3/t9-,10-,11?,13+,14+/m1/s1. The molecule has 0 aromatic heterocycles. The van der Waals surface area contributed by atoms with Crippen LogP contribution in [0.2, 0.25) is 0 Å². The summed E-state index contributed by atoms with van der Waals surface area (Å²) in [5.41, 5.74) is -0.715. The minimum Gasteiger partial charge on any atom is -0.453 e. The Kier molecular flexibility index (Phi) is 2.55. The van der Waals surface area contributed by atoms with E-state index in [0.717, 1.165) is 19.3 Å². The molecule has 3 fully saturated rings. The fourth-order valence-electron chi connectivity index (χ4n) is 4.02. The maximum Gasteiger partial charge on any atom is 0.338 e. The van der Waals surface area contributed by atoms with Gasteiger partial charge in [0.1, 0.15) is 11.7 Å². The van der Waals surface area contributed by atoms with Gasteiger partial charge in [0.15, 0.2) is 6.10 Å². The van der Waals surface area contributed by atoms with Crippen molar-refractivity contribution >= 4 is 5.97 Å². The molecule has 1 N–H and O–H groups in total. The van der Waals surface area contributed by atoms with Crippen molar-refractivity contribution in [3.63, 3.8) is 0 Å². The average molecular weight is 254 g/mol. The fraction of sp³-hybridized carbons (Fsp3) is 0.929. The molecule has 0 radical (unpaired) electrons. The van der Waals surface area contributed by atoms with E-state index in [-0.39, 0.29) is 5.41 Å². The van der Waals surface area contributed by atoms with Crippen LogP contribution >= 0.6 is 0 Å². The van der Waals surface area contributed by atoms with Gasteiger partial charge in [0.05, 0.1) is 6.61 Å². The minimum atomic E-state index is -1.10. The van der Waals surface area contributed by atoms with E-state index in [1.807, 2.05) is 0 Å². The summed E-state index contributed by atoms with van der Waals surface area (Å²) in [4.78, 5) is 11.7. The van der Waals surface area contributed by atoms with Crippen LogP contribution in [-0.4, -0.2) is 35.5 Å². The number of hydrogen-bond donors (Lipinski definition) is 1. The van der Waals surface area contributed by atoms with Gasteiger partial charge in [-0.25, -0.2) is 4.79 Å². The third kappa shape index (κ3) is 1.36. The summed E-state index contributed by atoms with van der Waals surface area (Å²) in [7, 11) is 0. The third-order valence-corrected chi connectivity index (χ3v) is 5.45. The van der Waals surface area contributed by atoms with Gasteiger partial charge in [-0.1, -0.05) is 20.8 Å². The van der Waals surface area contributed by atoms with Gasteiger partial charge in [-0.2, -0.15) is 0 Å². The summed E-state index contributed by atoms with van der Waals surface area (Å²) in [5.74, 6) is 0.609. The monoisotopic (exact) mass is 254 g/mol. The molecule has 1 aliphatic carbocycles. The molecular formula is C14H22O4. The van der Waals surface area contributed by atoms with Crippen LogP contribution in [-0.2, 0) is 14.3 Å². The van der Waals surface area contributed by atoms with Gasteiger partial charge < -0.3 is 14.6 Å². The van der Waals surface area contributed by atoms with Crippen molar-refractivity contribution in [3.8, 4) is 0 Å². The van der Waals surface area contributed by atoms with Crippen molar-refractivity contribution < 1.29 is 19.4 Å². The second-order valence-corrected chi connectivity index (χ2v) is 6.79. The van der Waals surface area contributed by atoms with Gasteiger partial charge >= 0.3 is 5.97 Å². The lowest BCUT2D eigenvalue weighted by Crippen LogP contribution is -2.54. The van der Waals surface area contributed by atoms with Gasteiger partial charge in [0.25, 0.3) is 0 Å². The Hall–Kier alpha value is -0.610. The Morgan fingerprint density at radius 3 is 2.83 bits per heavy atom. The number of hydrogen-bond acceptors (Lipinski definition) is 4.